The Kier molecular flexibility index (Phi) is 6.70. The Morgan fingerprint density at radius 2 is 1.40 bits per heavy atom. The van der Waals surface area contributed by atoms with Crippen molar-refractivity contribution >= 4 is 11.9 Å². The summed E-state index contributed by atoms with van der Waals surface area (Å²) >= 11 is 0. The van der Waals surface area contributed by atoms with E-state index in [4.69, 9.17) is 11.5 Å². The van der Waals surface area contributed by atoms with E-state index in [1.807, 2.05) is 0 Å². The highest BCUT2D eigenvalue weighted by atomic mass is 16.0. The van der Waals surface area contributed by atoms with E-state index in [0.29, 0.717) is 0 Å². The van der Waals surface area contributed by atoms with Gasteiger partial charge in [-0.15, -0.1) is 0 Å². The smallest absolute Gasteiger partial charge is 0.195 e. The van der Waals surface area contributed by atoms with E-state index < -0.39 is 0 Å². The number of hydrogen-bond donors (Lipinski definition) is 3. The normalized spacial score (nSPS) is 12.2. The Labute approximate surface area is 59.3 Å². The summed E-state index contributed by atoms with van der Waals surface area (Å²) in [7, 11) is 3.12. The second-order valence-corrected chi connectivity index (χ2v) is 1.34. The fraction of sp³-hybridized carbons (Fsp3) is 0.500. The average molecular weight is 147 g/mol. The molecule has 0 saturated carbocycles. The molecule has 0 saturated heterocycles. The molecule has 0 bridgehead atoms. The van der Waals surface area contributed by atoms with Crippen LogP contribution in [0.4, 0.5) is 0 Å². The van der Waals surface area contributed by atoms with Crippen molar-refractivity contribution in [2.45, 2.75) is 0 Å². The van der Waals surface area contributed by atoms with Gasteiger partial charge >= 0.3 is 0 Å². The van der Waals surface area contributed by atoms with Gasteiger partial charge in [-0.05, 0) is 0 Å². The van der Waals surface area contributed by atoms with E-state index in [-0.39, 0.29) is 17.4 Å². The molecule has 6 nitrogen and oxygen atoms in total. The van der Waals surface area contributed by atoms with Gasteiger partial charge in [-0.3, -0.25) is 15.3 Å². The maximum atomic E-state index is 5.23. The zero-order valence-corrected chi connectivity index (χ0v) is 6.05. The van der Waals surface area contributed by atoms with E-state index in [0.717, 1.165) is 0 Å². The molecular formula is C4H13N5O. The van der Waals surface area contributed by atoms with Crippen molar-refractivity contribution in [2.75, 3.05) is 14.1 Å². The van der Waals surface area contributed by atoms with Crippen LogP contribution in [0, 0.1) is 0 Å². The summed E-state index contributed by atoms with van der Waals surface area (Å²) in [5.41, 5.74) is 10.5. The SMILES string of the molecule is CN=C(N)NC(N)=NC.O. The number of rotatable bonds is 0. The quantitative estimate of drug-likeness (QED) is 0.262. The number of nitrogens with zero attached hydrogens (tertiary/aromatic N) is 2. The van der Waals surface area contributed by atoms with E-state index in [9.17, 15) is 0 Å². The maximum absolute atomic E-state index is 5.23. The van der Waals surface area contributed by atoms with Crippen molar-refractivity contribution in [1.82, 2.24) is 5.32 Å². The zero-order valence-electron chi connectivity index (χ0n) is 6.05. The van der Waals surface area contributed by atoms with Crippen molar-refractivity contribution in [3.05, 3.63) is 0 Å². The van der Waals surface area contributed by atoms with Crippen LogP contribution in [0.25, 0.3) is 0 Å². The number of nitrogens with one attached hydrogen (secondary N) is 1. The lowest BCUT2D eigenvalue weighted by Gasteiger charge is -2.00. The van der Waals surface area contributed by atoms with Crippen LogP contribution < -0.4 is 16.8 Å². The molecule has 0 aromatic rings. The Bertz CT molecular complexity index is 125. The van der Waals surface area contributed by atoms with Crippen molar-refractivity contribution in [2.24, 2.45) is 21.5 Å². The van der Waals surface area contributed by atoms with E-state index in [2.05, 4.69) is 15.3 Å². The monoisotopic (exact) mass is 147 g/mol. The first-order chi connectivity index (χ1) is 4.20. The van der Waals surface area contributed by atoms with Gasteiger partial charge in [-0.1, -0.05) is 0 Å². The molecule has 0 aromatic heterocycles. The van der Waals surface area contributed by atoms with Crippen LogP contribution in [0.5, 0.6) is 0 Å². The predicted molar refractivity (Wildman–Crippen MR) is 41.8 cm³/mol. The van der Waals surface area contributed by atoms with E-state index in [1.165, 1.54) is 0 Å². The molecule has 0 fully saturated rings. The molecule has 0 aromatic carbocycles. The Morgan fingerprint density at radius 1 is 1.10 bits per heavy atom. The summed E-state index contributed by atoms with van der Waals surface area (Å²) in [6.45, 7) is 0. The van der Waals surface area contributed by atoms with Crippen LogP contribution in [0.1, 0.15) is 0 Å². The number of hydrogen-bond acceptors (Lipinski definition) is 2. The molecule has 0 amide bonds. The van der Waals surface area contributed by atoms with Crippen LogP contribution in [-0.2, 0) is 0 Å². The molecule has 0 radical (unpaired) electrons. The largest absolute Gasteiger partial charge is 0.412 e. The molecule has 0 rings (SSSR count). The minimum Gasteiger partial charge on any atom is -0.412 e. The van der Waals surface area contributed by atoms with Crippen molar-refractivity contribution in [3.63, 3.8) is 0 Å². The summed E-state index contributed by atoms with van der Waals surface area (Å²) in [5.74, 6) is 0.524. The van der Waals surface area contributed by atoms with Gasteiger partial charge in [0.05, 0.1) is 0 Å². The van der Waals surface area contributed by atoms with Gasteiger partial charge < -0.3 is 16.9 Å². The standard InChI is InChI=1S/C4H11N5.H2O/c1-7-3(5)9-4(6)8-2;/h1-2H3,(H5,5,6,7,8,9);1H2. The molecule has 10 heavy (non-hydrogen) atoms. The third-order valence-corrected chi connectivity index (χ3v) is 0.738. The fourth-order valence-electron chi connectivity index (χ4n) is 0.243. The Morgan fingerprint density at radius 3 is 1.60 bits per heavy atom. The summed E-state index contributed by atoms with van der Waals surface area (Å²) in [6, 6.07) is 0. The van der Waals surface area contributed by atoms with Crippen molar-refractivity contribution in [1.29, 1.82) is 0 Å². The third kappa shape index (κ3) is 4.85. The third-order valence-electron chi connectivity index (χ3n) is 0.738. The predicted octanol–water partition coefficient (Wildman–Crippen LogP) is -2.36. The first-order valence-electron chi connectivity index (χ1n) is 2.42. The second kappa shape index (κ2) is 5.83. The molecule has 0 aliphatic heterocycles. The molecule has 7 N–H and O–H groups in total. The fourth-order valence-corrected chi connectivity index (χ4v) is 0.243. The lowest BCUT2D eigenvalue weighted by molar-refractivity contribution is 0.824. The first kappa shape index (κ1) is 11.5. The summed E-state index contributed by atoms with van der Waals surface area (Å²) in [6.07, 6.45) is 0. The minimum atomic E-state index is 0. The van der Waals surface area contributed by atoms with Crippen LogP contribution in [-0.4, -0.2) is 31.5 Å². The maximum Gasteiger partial charge on any atom is 0.195 e. The molecule has 0 heterocycles. The van der Waals surface area contributed by atoms with Gasteiger partial charge in [0.15, 0.2) is 11.9 Å². The van der Waals surface area contributed by atoms with Gasteiger partial charge in [-0.2, -0.15) is 0 Å². The lowest BCUT2D eigenvalue weighted by Crippen LogP contribution is -2.41. The highest BCUT2D eigenvalue weighted by Gasteiger charge is 1.88. The molecular weight excluding hydrogens is 134 g/mol. The Hall–Kier alpha value is -1.30. The summed E-state index contributed by atoms with van der Waals surface area (Å²) < 4.78 is 0. The number of guanidine groups is 2. The van der Waals surface area contributed by atoms with Gasteiger partial charge in [-0.25, -0.2) is 0 Å². The topological polar surface area (TPSA) is 120 Å². The van der Waals surface area contributed by atoms with Crippen LogP contribution >= 0.6 is 0 Å². The highest BCUT2D eigenvalue weighted by molar-refractivity contribution is 5.96. The molecule has 0 spiro atoms. The van der Waals surface area contributed by atoms with E-state index in [1.54, 1.807) is 14.1 Å². The zero-order chi connectivity index (χ0) is 7.28. The molecule has 6 heteroatoms. The second-order valence-electron chi connectivity index (χ2n) is 1.34. The van der Waals surface area contributed by atoms with Gasteiger partial charge in [0.2, 0.25) is 0 Å². The molecule has 0 aliphatic carbocycles. The van der Waals surface area contributed by atoms with Gasteiger partial charge in [0, 0.05) is 14.1 Å². The molecule has 60 valence electrons. The molecule has 0 atom stereocenters. The number of nitrogens with two attached hydrogens (primary N) is 2. The summed E-state index contributed by atoms with van der Waals surface area (Å²) in [4.78, 5) is 7.20. The highest BCUT2D eigenvalue weighted by Crippen LogP contribution is 1.58. The molecule has 0 aliphatic rings. The summed E-state index contributed by atoms with van der Waals surface area (Å²) in [5, 5.41) is 2.53. The molecule has 0 unspecified atom stereocenters. The van der Waals surface area contributed by atoms with Gasteiger partial charge in [0.25, 0.3) is 0 Å². The van der Waals surface area contributed by atoms with Crippen molar-refractivity contribution in [3.8, 4) is 0 Å². The lowest BCUT2D eigenvalue weighted by atomic mass is 10.8. The van der Waals surface area contributed by atoms with Crippen LogP contribution in [0.3, 0.4) is 0 Å². The van der Waals surface area contributed by atoms with Crippen molar-refractivity contribution < 1.29 is 5.48 Å². The van der Waals surface area contributed by atoms with Crippen LogP contribution in [0.15, 0.2) is 9.98 Å². The number of aliphatic imine (C=N–C) groups is 2. The average Bonchev–Trinajstić information content (AvgIpc) is 1.87. The first-order valence-corrected chi connectivity index (χ1v) is 2.42. The van der Waals surface area contributed by atoms with E-state index >= 15 is 0 Å². The Balaban J connectivity index is 0. The minimum absolute atomic E-state index is 0. The van der Waals surface area contributed by atoms with Gasteiger partial charge in [0.1, 0.15) is 0 Å². The van der Waals surface area contributed by atoms with Crippen LogP contribution in [0.2, 0.25) is 0 Å².